The standard InChI is InChI=1S/C19H14F3N3O4/c1-3-7-28-16(26)13-9(2)29-15(24)12(8-23)18(13)10-5-4-6-11(19(20,21)22)14(10)25-17(18)27/h3-6H,1,7,24H2,2H3,(H,25,27). The molecule has 3 N–H and O–H groups in total. The van der Waals surface area contributed by atoms with E-state index >= 15 is 0 Å². The second-order valence-corrected chi connectivity index (χ2v) is 6.20. The molecular weight excluding hydrogens is 391 g/mol. The molecule has 10 heteroatoms. The number of nitriles is 1. The normalized spacial score (nSPS) is 20.7. The zero-order chi connectivity index (χ0) is 21.6. The molecule has 0 radical (unpaired) electrons. The lowest BCUT2D eigenvalue weighted by molar-refractivity contribution is -0.140. The molecule has 2 aliphatic rings. The zero-order valence-electron chi connectivity index (χ0n) is 15.0. The third kappa shape index (κ3) is 2.74. The van der Waals surface area contributed by atoms with Gasteiger partial charge in [0.25, 0.3) is 0 Å². The molecule has 150 valence electrons. The van der Waals surface area contributed by atoms with Gasteiger partial charge in [-0.15, -0.1) is 0 Å². The lowest BCUT2D eigenvalue weighted by atomic mass is 9.68. The van der Waals surface area contributed by atoms with Gasteiger partial charge < -0.3 is 20.5 Å². The van der Waals surface area contributed by atoms with Crippen LogP contribution in [0.15, 0.2) is 53.6 Å². The van der Waals surface area contributed by atoms with Gasteiger partial charge in [0.2, 0.25) is 11.8 Å². The van der Waals surface area contributed by atoms with Crippen LogP contribution in [0.2, 0.25) is 0 Å². The molecule has 1 aromatic carbocycles. The van der Waals surface area contributed by atoms with Gasteiger partial charge >= 0.3 is 12.1 Å². The van der Waals surface area contributed by atoms with Gasteiger partial charge in [-0.2, -0.15) is 18.4 Å². The first-order valence-electron chi connectivity index (χ1n) is 8.20. The molecule has 3 rings (SSSR count). The Balaban J connectivity index is 2.39. The predicted molar refractivity (Wildman–Crippen MR) is 93.5 cm³/mol. The maximum absolute atomic E-state index is 13.5. The summed E-state index contributed by atoms with van der Waals surface area (Å²) in [6, 6.07) is 4.77. The second-order valence-electron chi connectivity index (χ2n) is 6.20. The van der Waals surface area contributed by atoms with Gasteiger partial charge in [0, 0.05) is 5.56 Å². The number of allylic oxidation sites excluding steroid dienone is 1. The van der Waals surface area contributed by atoms with Crippen LogP contribution in [0.25, 0.3) is 0 Å². The van der Waals surface area contributed by atoms with Gasteiger partial charge in [-0.1, -0.05) is 24.8 Å². The third-order valence-corrected chi connectivity index (χ3v) is 4.61. The van der Waals surface area contributed by atoms with E-state index in [1.165, 1.54) is 19.1 Å². The number of nitrogens with one attached hydrogen (secondary N) is 1. The Morgan fingerprint density at radius 2 is 2.17 bits per heavy atom. The van der Waals surface area contributed by atoms with Crippen LogP contribution in [0, 0.1) is 11.3 Å². The molecule has 0 fully saturated rings. The molecule has 0 aliphatic carbocycles. The molecule has 1 amide bonds. The van der Waals surface area contributed by atoms with E-state index in [0.717, 1.165) is 12.1 Å². The SMILES string of the molecule is C=CCOC(=O)C1=C(C)OC(N)=C(C#N)C12C(=O)Nc1c(C(F)(F)F)cccc12. The minimum absolute atomic E-state index is 0.170. The number of nitrogens with two attached hydrogens (primary N) is 1. The Bertz CT molecular complexity index is 1050. The number of ether oxygens (including phenoxy) is 2. The predicted octanol–water partition coefficient (Wildman–Crippen LogP) is 2.62. The van der Waals surface area contributed by atoms with Crippen LogP contribution in [0.1, 0.15) is 18.1 Å². The molecule has 2 heterocycles. The summed E-state index contributed by atoms with van der Waals surface area (Å²) in [5.74, 6) is -2.76. The summed E-state index contributed by atoms with van der Waals surface area (Å²) < 4.78 is 50.7. The number of fused-ring (bicyclic) bond motifs is 2. The number of carbonyl (C=O) groups excluding carboxylic acids is 2. The Morgan fingerprint density at radius 3 is 2.76 bits per heavy atom. The van der Waals surface area contributed by atoms with Crippen molar-refractivity contribution in [1.29, 1.82) is 5.26 Å². The molecule has 0 saturated carbocycles. The van der Waals surface area contributed by atoms with Crippen molar-refractivity contribution in [3.8, 4) is 6.07 Å². The number of benzene rings is 1. The molecule has 1 spiro atoms. The minimum atomic E-state index is -4.79. The van der Waals surface area contributed by atoms with Crippen molar-refractivity contribution in [1.82, 2.24) is 0 Å². The molecule has 29 heavy (non-hydrogen) atoms. The lowest BCUT2D eigenvalue weighted by Crippen LogP contribution is -2.45. The van der Waals surface area contributed by atoms with Crippen LogP contribution in [0.3, 0.4) is 0 Å². The Morgan fingerprint density at radius 1 is 1.48 bits per heavy atom. The molecule has 0 aromatic heterocycles. The third-order valence-electron chi connectivity index (χ3n) is 4.61. The molecular formula is C19H14F3N3O4. The quantitative estimate of drug-likeness (QED) is 0.590. The fraction of sp³-hybridized carbons (Fsp3) is 0.211. The maximum atomic E-state index is 13.5. The van der Waals surface area contributed by atoms with Crippen molar-refractivity contribution in [3.05, 3.63) is 64.8 Å². The highest BCUT2D eigenvalue weighted by atomic mass is 19.4. The first-order chi connectivity index (χ1) is 13.6. The Labute approximate surface area is 162 Å². The zero-order valence-corrected chi connectivity index (χ0v) is 15.0. The minimum Gasteiger partial charge on any atom is -0.458 e. The molecule has 1 unspecified atom stereocenters. The fourth-order valence-electron chi connectivity index (χ4n) is 3.55. The number of anilines is 1. The lowest BCUT2D eigenvalue weighted by Gasteiger charge is -2.33. The number of para-hydroxylation sites is 1. The Hall–Kier alpha value is -3.74. The molecule has 7 nitrogen and oxygen atoms in total. The van der Waals surface area contributed by atoms with Crippen molar-refractivity contribution in [2.24, 2.45) is 5.73 Å². The monoisotopic (exact) mass is 405 g/mol. The average molecular weight is 405 g/mol. The van der Waals surface area contributed by atoms with Crippen molar-refractivity contribution in [2.45, 2.75) is 18.5 Å². The van der Waals surface area contributed by atoms with Crippen molar-refractivity contribution in [3.63, 3.8) is 0 Å². The van der Waals surface area contributed by atoms with Crippen LogP contribution in [-0.4, -0.2) is 18.5 Å². The first kappa shape index (κ1) is 20.0. The number of carbonyl (C=O) groups is 2. The summed E-state index contributed by atoms with van der Waals surface area (Å²) in [6.07, 6.45) is -3.52. The number of esters is 1. The number of halogens is 3. The van der Waals surface area contributed by atoms with E-state index < -0.39 is 51.7 Å². The van der Waals surface area contributed by atoms with E-state index in [1.807, 2.05) is 0 Å². The van der Waals surface area contributed by atoms with E-state index in [2.05, 4.69) is 11.9 Å². The van der Waals surface area contributed by atoms with Crippen molar-refractivity contribution in [2.75, 3.05) is 11.9 Å². The van der Waals surface area contributed by atoms with Gasteiger partial charge in [-0.05, 0) is 13.0 Å². The maximum Gasteiger partial charge on any atom is 0.418 e. The van der Waals surface area contributed by atoms with E-state index in [1.54, 1.807) is 6.07 Å². The largest absolute Gasteiger partial charge is 0.458 e. The smallest absolute Gasteiger partial charge is 0.418 e. The molecule has 0 saturated heterocycles. The van der Waals surface area contributed by atoms with Crippen molar-refractivity contribution < 1.29 is 32.2 Å². The number of hydrogen-bond acceptors (Lipinski definition) is 6. The molecule has 0 bridgehead atoms. The van der Waals surface area contributed by atoms with Crippen LogP contribution in [0.4, 0.5) is 18.9 Å². The van der Waals surface area contributed by atoms with E-state index in [9.17, 15) is 28.0 Å². The highest BCUT2D eigenvalue weighted by Gasteiger charge is 2.61. The highest BCUT2D eigenvalue weighted by Crippen LogP contribution is 2.54. The topological polar surface area (TPSA) is 114 Å². The summed E-state index contributed by atoms with van der Waals surface area (Å²) in [6.45, 7) is 4.47. The number of nitrogens with zero attached hydrogens (tertiary/aromatic N) is 1. The molecule has 2 aliphatic heterocycles. The van der Waals surface area contributed by atoms with E-state index in [0.29, 0.717) is 0 Å². The first-order valence-corrected chi connectivity index (χ1v) is 8.20. The number of amides is 1. The second kappa shape index (κ2) is 6.70. The summed E-state index contributed by atoms with van der Waals surface area (Å²) in [4.78, 5) is 25.9. The van der Waals surface area contributed by atoms with Gasteiger partial charge in [0.15, 0.2) is 5.41 Å². The Kier molecular flexibility index (Phi) is 4.62. The summed E-state index contributed by atoms with van der Waals surface area (Å²) >= 11 is 0. The summed E-state index contributed by atoms with van der Waals surface area (Å²) in [7, 11) is 0. The van der Waals surface area contributed by atoms with Crippen LogP contribution < -0.4 is 11.1 Å². The van der Waals surface area contributed by atoms with Crippen LogP contribution in [0.5, 0.6) is 0 Å². The van der Waals surface area contributed by atoms with Crippen molar-refractivity contribution >= 4 is 17.6 Å². The number of hydrogen-bond donors (Lipinski definition) is 2. The number of rotatable bonds is 3. The van der Waals surface area contributed by atoms with E-state index in [4.69, 9.17) is 15.2 Å². The van der Waals surface area contributed by atoms with Gasteiger partial charge in [0.1, 0.15) is 29.6 Å². The van der Waals surface area contributed by atoms with Crippen LogP contribution >= 0.6 is 0 Å². The molecule has 1 aromatic rings. The number of alkyl halides is 3. The fourth-order valence-corrected chi connectivity index (χ4v) is 3.55. The average Bonchev–Trinajstić information content (AvgIpc) is 2.91. The summed E-state index contributed by atoms with van der Waals surface area (Å²) in [5, 5.41) is 11.8. The van der Waals surface area contributed by atoms with Gasteiger partial charge in [-0.25, -0.2) is 4.79 Å². The van der Waals surface area contributed by atoms with Crippen LogP contribution in [-0.2, 0) is 30.7 Å². The van der Waals surface area contributed by atoms with Gasteiger partial charge in [0.05, 0.1) is 11.3 Å². The summed E-state index contributed by atoms with van der Waals surface area (Å²) in [5.41, 5.74) is 0.658. The molecule has 1 atom stereocenters. The highest BCUT2D eigenvalue weighted by molar-refractivity contribution is 6.18. The van der Waals surface area contributed by atoms with E-state index in [-0.39, 0.29) is 17.9 Å². The van der Waals surface area contributed by atoms with Gasteiger partial charge in [-0.3, -0.25) is 4.79 Å².